The molecule has 1 amide bonds. The molecule has 0 atom stereocenters. The Balaban J connectivity index is 2.63. The molecule has 0 unspecified atom stereocenters. The summed E-state index contributed by atoms with van der Waals surface area (Å²) < 4.78 is 0. The van der Waals surface area contributed by atoms with Gasteiger partial charge in [0.15, 0.2) is 0 Å². The molecule has 1 N–H and O–H groups in total. The van der Waals surface area contributed by atoms with Crippen LogP contribution in [0.3, 0.4) is 0 Å². The largest absolute Gasteiger partial charge is 0.481 e. The molecule has 0 saturated carbocycles. The molecule has 0 bridgehead atoms. The van der Waals surface area contributed by atoms with Crippen LogP contribution in [0.5, 0.6) is 0 Å². The zero-order valence-corrected chi connectivity index (χ0v) is 7.82. The van der Waals surface area contributed by atoms with Crippen LogP contribution in [0.1, 0.15) is 26.2 Å². The number of carboxylic acids is 1. The Bertz CT molecular complexity index is 207. The monoisotopic (exact) mass is 185 g/mol. The Morgan fingerprint density at radius 3 is 2.38 bits per heavy atom. The molecule has 0 radical (unpaired) electrons. The average Bonchev–Trinajstić information content (AvgIpc) is 2.17. The molecule has 1 aliphatic rings. The maximum absolute atomic E-state index is 11.0. The third-order valence-electron chi connectivity index (χ3n) is 3.03. The second-order valence-corrected chi connectivity index (χ2v) is 3.58. The van der Waals surface area contributed by atoms with E-state index in [1.807, 2.05) is 6.92 Å². The van der Waals surface area contributed by atoms with E-state index in [1.165, 1.54) is 0 Å². The van der Waals surface area contributed by atoms with Gasteiger partial charge in [0.05, 0.1) is 5.41 Å². The van der Waals surface area contributed by atoms with Gasteiger partial charge in [-0.1, -0.05) is 6.92 Å². The molecular weight excluding hydrogens is 170 g/mol. The second kappa shape index (κ2) is 3.77. The lowest BCUT2D eigenvalue weighted by molar-refractivity contribution is -0.153. The first-order chi connectivity index (χ1) is 6.14. The minimum absolute atomic E-state index is 0.573. The quantitative estimate of drug-likeness (QED) is 0.659. The number of carbonyl (C=O) groups excluding carboxylic acids is 1. The van der Waals surface area contributed by atoms with Gasteiger partial charge in [-0.15, -0.1) is 0 Å². The van der Waals surface area contributed by atoms with E-state index in [4.69, 9.17) is 5.11 Å². The highest BCUT2D eigenvalue weighted by Gasteiger charge is 2.39. The van der Waals surface area contributed by atoms with Gasteiger partial charge in [-0.25, -0.2) is 0 Å². The zero-order chi connectivity index (χ0) is 9.90. The number of nitrogens with zero attached hydrogens (tertiary/aromatic N) is 1. The van der Waals surface area contributed by atoms with Crippen molar-refractivity contribution in [2.45, 2.75) is 26.2 Å². The summed E-state index contributed by atoms with van der Waals surface area (Å²) >= 11 is 0. The van der Waals surface area contributed by atoms with Crippen molar-refractivity contribution < 1.29 is 14.7 Å². The Morgan fingerprint density at radius 1 is 1.54 bits per heavy atom. The smallest absolute Gasteiger partial charge is 0.309 e. The maximum Gasteiger partial charge on any atom is 0.309 e. The molecule has 0 aromatic heterocycles. The number of carbonyl (C=O) groups is 2. The standard InChI is InChI=1S/C9H15NO3/c1-2-9(8(12)13)3-5-10(7-11)6-4-9/h7H,2-6H2,1H3,(H,12,13). The van der Waals surface area contributed by atoms with E-state index < -0.39 is 11.4 Å². The van der Waals surface area contributed by atoms with Gasteiger partial charge in [0.25, 0.3) is 0 Å². The van der Waals surface area contributed by atoms with Gasteiger partial charge in [-0.3, -0.25) is 9.59 Å². The molecule has 1 aliphatic heterocycles. The van der Waals surface area contributed by atoms with Crippen molar-refractivity contribution in [1.29, 1.82) is 0 Å². The number of amides is 1. The van der Waals surface area contributed by atoms with Gasteiger partial charge < -0.3 is 10.0 Å². The van der Waals surface area contributed by atoms with Crippen molar-refractivity contribution >= 4 is 12.4 Å². The number of hydrogen-bond donors (Lipinski definition) is 1. The fourth-order valence-corrected chi connectivity index (χ4v) is 1.78. The summed E-state index contributed by atoms with van der Waals surface area (Å²) in [6, 6.07) is 0. The molecule has 74 valence electrons. The average molecular weight is 185 g/mol. The highest BCUT2D eigenvalue weighted by molar-refractivity contribution is 5.75. The van der Waals surface area contributed by atoms with Crippen molar-refractivity contribution in [2.24, 2.45) is 5.41 Å². The number of carboxylic acid groups (broad SMARTS) is 1. The van der Waals surface area contributed by atoms with E-state index in [-0.39, 0.29) is 0 Å². The lowest BCUT2D eigenvalue weighted by Crippen LogP contribution is -2.43. The summed E-state index contributed by atoms with van der Waals surface area (Å²) in [7, 11) is 0. The molecule has 4 heteroatoms. The van der Waals surface area contributed by atoms with Crippen molar-refractivity contribution in [1.82, 2.24) is 4.90 Å². The Morgan fingerprint density at radius 2 is 2.08 bits per heavy atom. The van der Waals surface area contributed by atoms with Crippen molar-refractivity contribution in [2.75, 3.05) is 13.1 Å². The molecule has 0 aromatic carbocycles. The van der Waals surface area contributed by atoms with Crippen LogP contribution >= 0.6 is 0 Å². The van der Waals surface area contributed by atoms with E-state index in [0.29, 0.717) is 32.4 Å². The zero-order valence-electron chi connectivity index (χ0n) is 7.82. The van der Waals surface area contributed by atoms with Crippen LogP contribution in [0.2, 0.25) is 0 Å². The topological polar surface area (TPSA) is 57.6 Å². The molecule has 1 heterocycles. The number of aliphatic carboxylic acids is 1. The molecule has 0 spiro atoms. The van der Waals surface area contributed by atoms with Crippen LogP contribution in [0, 0.1) is 5.41 Å². The van der Waals surface area contributed by atoms with Gasteiger partial charge in [-0.05, 0) is 19.3 Å². The first kappa shape index (κ1) is 10.0. The maximum atomic E-state index is 11.0. The fraction of sp³-hybridized carbons (Fsp3) is 0.778. The lowest BCUT2D eigenvalue weighted by Gasteiger charge is -2.36. The summed E-state index contributed by atoms with van der Waals surface area (Å²) in [6.07, 6.45) is 2.60. The molecule has 13 heavy (non-hydrogen) atoms. The predicted octanol–water partition coefficient (Wildman–Crippen LogP) is 0.720. The van der Waals surface area contributed by atoms with Gasteiger partial charge in [0, 0.05) is 13.1 Å². The fourth-order valence-electron chi connectivity index (χ4n) is 1.78. The Kier molecular flexibility index (Phi) is 2.90. The summed E-state index contributed by atoms with van der Waals surface area (Å²) in [4.78, 5) is 23.0. The molecule has 1 fully saturated rings. The minimum Gasteiger partial charge on any atom is -0.481 e. The highest BCUT2D eigenvalue weighted by atomic mass is 16.4. The van der Waals surface area contributed by atoms with Crippen LogP contribution in [-0.4, -0.2) is 35.5 Å². The van der Waals surface area contributed by atoms with Crippen molar-refractivity contribution in [3.8, 4) is 0 Å². The third-order valence-corrected chi connectivity index (χ3v) is 3.03. The third kappa shape index (κ3) is 1.82. The Labute approximate surface area is 77.5 Å². The van der Waals surface area contributed by atoms with Crippen LogP contribution in [0.25, 0.3) is 0 Å². The minimum atomic E-state index is -0.722. The van der Waals surface area contributed by atoms with Crippen LogP contribution < -0.4 is 0 Å². The first-order valence-corrected chi connectivity index (χ1v) is 4.57. The van der Waals surface area contributed by atoms with Gasteiger partial charge in [-0.2, -0.15) is 0 Å². The highest BCUT2D eigenvalue weighted by Crippen LogP contribution is 2.34. The molecule has 0 aromatic rings. The van der Waals surface area contributed by atoms with Crippen LogP contribution in [0.15, 0.2) is 0 Å². The number of hydrogen-bond acceptors (Lipinski definition) is 2. The first-order valence-electron chi connectivity index (χ1n) is 4.57. The predicted molar refractivity (Wildman–Crippen MR) is 47.2 cm³/mol. The second-order valence-electron chi connectivity index (χ2n) is 3.58. The molecule has 1 saturated heterocycles. The van der Waals surface area contributed by atoms with E-state index in [1.54, 1.807) is 4.90 Å². The Hall–Kier alpha value is -1.06. The number of likely N-dealkylation sites (tertiary alicyclic amines) is 1. The van der Waals surface area contributed by atoms with E-state index in [9.17, 15) is 9.59 Å². The summed E-state index contributed by atoms with van der Waals surface area (Å²) in [5.74, 6) is -0.722. The van der Waals surface area contributed by atoms with Gasteiger partial charge >= 0.3 is 5.97 Å². The van der Waals surface area contributed by atoms with E-state index in [2.05, 4.69) is 0 Å². The summed E-state index contributed by atoms with van der Waals surface area (Å²) in [5.41, 5.74) is -0.584. The molecule has 0 aliphatic carbocycles. The normalized spacial score (nSPS) is 21.2. The van der Waals surface area contributed by atoms with Crippen LogP contribution in [-0.2, 0) is 9.59 Å². The van der Waals surface area contributed by atoms with Gasteiger partial charge in [0.2, 0.25) is 6.41 Å². The summed E-state index contributed by atoms with van der Waals surface area (Å²) in [5, 5.41) is 9.04. The number of rotatable bonds is 3. The van der Waals surface area contributed by atoms with Gasteiger partial charge in [0.1, 0.15) is 0 Å². The lowest BCUT2D eigenvalue weighted by atomic mass is 9.76. The summed E-state index contributed by atoms with van der Waals surface area (Å²) in [6.45, 7) is 3.04. The van der Waals surface area contributed by atoms with E-state index in [0.717, 1.165) is 6.41 Å². The van der Waals surface area contributed by atoms with Crippen molar-refractivity contribution in [3.05, 3.63) is 0 Å². The molecule has 4 nitrogen and oxygen atoms in total. The van der Waals surface area contributed by atoms with Crippen LogP contribution in [0.4, 0.5) is 0 Å². The van der Waals surface area contributed by atoms with E-state index >= 15 is 0 Å². The molecule has 1 rings (SSSR count). The number of piperidine rings is 1. The molecular formula is C9H15NO3. The van der Waals surface area contributed by atoms with Crippen molar-refractivity contribution in [3.63, 3.8) is 0 Å². The SMILES string of the molecule is CCC1(C(=O)O)CCN(C=O)CC1.